The SMILES string of the molecule is C/C(=C(\C=C/CC(C)C)OP1OCC2(COP(OC3=C(C(C)(C)C)C[C@H](C(C)C)[C@H](C)C=C3)OC2)CO1)C(C)(C)C. The van der Waals surface area contributed by atoms with E-state index in [0.717, 1.165) is 24.4 Å². The van der Waals surface area contributed by atoms with Gasteiger partial charge in [0.15, 0.2) is 0 Å². The van der Waals surface area contributed by atoms with Crippen LogP contribution in [0.4, 0.5) is 0 Å². The maximum absolute atomic E-state index is 6.45. The minimum atomic E-state index is -1.50. The van der Waals surface area contributed by atoms with E-state index in [-0.39, 0.29) is 16.2 Å². The zero-order valence-electron chi connectivity index (χ0n) is 27.7. The molecule has 2 fully saturated rings. The predicted molar refractivity (Wildman–Crippen MR) is 171 cm³/mol. The maximum atomic E-state index is 6.45. The topological polar surface area (TPSA) is 55.4 Å². The smallest absolute Gasteiger partial charge is 0.397 e. The number of hydrogen-bond acceptors (Lipinski definition) is 6. The minimum absolute atomic E-state index is 0.00589. The summed E-state index contributed by atoms with van der Waals surface area (Å²) >= 11 is 0. The molecule has 2 atom stereocenters. The summed E-state index contributed by atoms with van der Waals surface area (Å²) in [5.74, 6) is 3.99. The highest BCUT2D eigenvalue weighted by molar-refractivity contribution is 7.42. The van der Waals surface area contributed by atoms with Crippen LogP contribution in [0.15, 0.2) is 47.0 Å². The van der Waals surface area contributed by atoms with Crippen molar-refractivity contribution in [3.05, 3.63) is 47.0 Å². The molecule has 2 saturated heterocycles. The molecule has 3 rings (SSSR count). The third-order valence-corrected chi connectivity index (χ3v) is 10.4. The third kappa shape index (κ3) is 9.88. The Kier molecular flexibility index (Phi) is 12.2. The highest BCUT2D eigenvalue weighted by Gasteiger charge is 2.45. The summed E-state index contributed by atoms with van der Waals surface area (Å²) in [5.41, 5.74) is 2.11. The van der Waals surface area contributed by atoms with Gasteiger partial charge in [0.2, 0.25) is 0 Å². The Labute approximate surface area is 253 Å². The van der Waals surface area contributed by atoms with Gasteiger partial charge in [-0.15, -0.1) is 0 Å². The molecule has 0 bridgehead atoms. The van der Waals surface area contributed by atoms with Crippen molar-refractivity contribution < 1.29 is 27.1 Å². The van der Waals surface area contributed by atoms with E-state index in [2.05, 4.69) is 107 Å². The molecule has 0 saturated carbocycles. The molecule has 41 heavy (non-hydrogen) atoms. The Morgan fingerprint density at radius 2 is 1.54 bits per heavy atom. The molecule has 2 aliphatic heterocycles. The van der Waals surface area contributed by atoms with Gasteiger partial charge in [0.25, 0.3) is 0 Å². The average molecular weight is 611 g/mol. The van der Waals surface area contributed by atoms with E-state index in [1.165, 1.54) is 11.1 Å². The predicted octanol–water partition coefficient (Wildman–Crippen LogP) is 10.6. The summed E-state index contributed by atoms with van der Waals surface area (Å²) in [6, 6.07) is 0. The highest BCUT2D eigenvalue weighted by atomic mass is 31.2. The first-order valence-corrected chi connectivity index (χ1v) is 17.5. The summed E-state index contributed by atoms with van der Waals surface area (Å²) in [6.45, 7) is 28.7. The molecule has 0 aromatic carbocycles. The van der Waals surface area contributed by atoms with Crippen molar-refractivity contribution in [2.75, 3.05) is 26.4 Å². The third-order valence-electron chi connectivity index (χ3n) is 8.35. The van der Waals surface area contributed by atoms with Crippen LogP contribution in [0.2, 0.25) is 0 Å². The van der Waals surface area contributed by atoms with Crippen molar-refractivity contribution >= 4 is 17.2 Å². The van der Waals surface area contributed by atoms with E-state index in [4.69, 9.17) is 27.1 Å². The van der Waals surface area contributed by atoms with E-state index in [9.17, 15) is 0 Å². The number of rotatable bonds is 8. The Hall–Kier alpha value is -0.740. The normalized spacial score (nSPS) is 30.8. The lowest BCUT2D eigenvalue weighted by Crippen LogP contribution is -2.44. The summed E-state index contributed by atoms with van der Waals surface area (Å²) < 4.78 is 37.4. The van der Waals surface area contributed by atoms with Gasteiger partial charge >= 0.3 is 17.2 Å². The van der Waals surface area contributed by atoms with Crippen LogP contribution in [-0.2, 0) is 27.1 Å². The Morgan fingerprint density at radius 3 is 2.02 bits per heavy atom. The van der Waals surface area contributed by atoms with Gasteiger partial charge in [-0.05, 0) is 77.6 Å². The standard InChI is InChI=1S/C33H56O6P2/c1-23(2)14-13-15-29(26(6)31(7,8)9)38-40-34-19-33(20-35-40)21-36-41(37-22-33)39-30-17-16-25(5)27(24(3)4)18-28(30)32(10,11)12/h13,15-17,23-25,27H,14,18-22H2,1-12H3/b15-13-,29-26-/t25-,27-,33?,40?,41?/m1/s1. The largest absolute Gasteiger partial charge is 0.427 e. The molecule has 1 spiro atoms. The van der Waals surface area contributed by atoms with E-state index < -0.39 is 17.2 Å². The van der Waals surface area contributed by atoms with Crippen LogP contribution in [-0.4, -0.2) is 26.4 Å². The Balaban J connectivity index is 1.61. The zero-order valence-corrected chi connectivity index (χ0v) is 29.5. The summed E-state index contributed by atoms with van der Waals surface area (Å²) in [4.78, 5) is 0. The van der Waals surface area contributed by atoms with Crippen LogP contribution in [0.25, 0.3) is 0 Å². The van der Waals surface area contributed by atoms with Crippen LogP contribution in [0.1, 0.15) is 95.9 Å². The molecule has 0 unspecified atom stereocenters. The fourth-order valence-electron chi connectivity index (χ4n) is 5.00. The van der Waals surface area contributed by atoms with E-state index in [0.29, 0.717) is 50.1 Å². The van der Waals surface area contributed by atoms with Gasteiger partial charge in [-0.3, -0.25) is 0 Å². The Morgan fingerprint density at radius 1 is 0.976 bits per heavy atom. The van der Waals surface area contributed by atoms with E-state index in [1.54, 1.807) is 0 Å². The second-order valence-corrected chi connectivity index (χ2v) is 17.2. The molecule has 0 N–H and O–H groups in total. The van der Waals surface area contributed by atoms with Crippen molar-refractivity contribution in [3.63, 3.8) is 0 Å². The highest BCUT2D eigenvalue weighted by Crippen LogP contribution is 2.56. The van der Waals surface area contributed by atoms with Gasteiger partial charge in [0, 0.05) is 0 Å². The van der Waals surface area contributed by atoms with Gasteiger partial charge in [-0.1, -0.05) is 88.3 Å². The first-order valence-electron chi connectivity index (χ1n) is 15.3. The lowest BCUT2D eigenvalue weighted by molar-refractivity contribution is -0.0716. The lowest BCUT2D eigenvalue weighted by Gasteiger charge is -2.41. The molecule has 3 aliphatic rings. The monoisotopic (exact) mass is 610 g/mol. The summed E-state index contributed by atoms with van der Waals surface area (Å²) in [6.07, 6.45) is 10.7. The molecule has 1 aliphatic carbocycles. The van der Waals surface area contributed by atoms with Crippen LogP contribution >= 0.6 is 17.2 Å². The molecular weight excluding hydrogens is 554 g/mol. The Bertz CT molecular complexity index is 980. The van der Waals surface area contributed by atoms with Gasteiger partial charge in [-0.25, -0.2) is 0 Å². The van der Waals surface area contributed by atoms with Gasteiger partial charge in [-0.2, -0.15) is 0 Å². The lowest BCUT2D eigenvalue weighted by atomic mass is 9.75. The fourth-order valence-corrected chi connectivity index (χ4v) is 7.57. The zero-order chi connectivity index (χ0) is 30.6. The minimum Gasteiger partial charge on any atom is -0.427 e. The molecule has 0 radical (unpaired) electrons. The van der Waals surface area contributed by atoms with Gasteiger partial charge in [0.05, 0.1) is 31.8 Å². The molecule has 0 aromatic rings. The van der Waals surface area contributed by atoms with Crippen LogP contribution in [0, 0.1) is 39.9 Å². The number of allylic oxidation sites excluding steroid dienone is 6. The maximum Gasteiger partial charge on any atom is 0.397 e. The van der Waals surface area contributed by atoms with Gasteiger partial charge in [0.1, 0.15) is 11.5 Å². The molecule has 0 amide bonds. The summed E-state index contributed by atoms with van der Waals surface area (Å²) in [7, 11) is -2.99. The first kappa shape index (κ1) is 34.7. The molecule has 6 nitrogen and oxygen atoms in total. The van der Waals surface area contributed by atoms with Crippen molar-refractivity contribution in [1.82, 2.24) is 0 Å². The summed E-state index contributed by atoms with van der Waals surface area (Å²) in [5, 5.41) is 0. The quantitative estimate of drug-likeness (QED) is 0.155. The van der Waals surface area contributed by atoms with Crippen molar-refractivity contribution in [1.29, 1.82) is 0 Å². The van der Waals surface area contributed by atoms with Crippen molar-refractivity contribution in [3.8, 4) is 0 Å². The second-order valence-electron chi connectivity index (χ2n) is 14.9. The van der Waals surface area contributed by atoms with Crippen LogP contribution < -0.4 is 0 Å². The van der Waals surface area contributed by atoms with Gasteiger partial charge < -0.3 is 27.1 Å². The van der Waals surface area contributed by atoms with Crippen molar-refractivity contribution in [2.45, 2.75) is 95.9 Å². The van der Waals surface area contributed by atoms with Crippen LogP contribution in [0.5, 0.6) is 0 Å². The molecule has 8 heteroatoms. The van der Waals surface area contributed by atoms with Crippen LogP contribution in [0.3, 0.4) is 0 Å². The van der Waals surface area contributed by atoms with E-state index >= 15 is 0 Å². The molecular formula is C33H56O6P2. The number of hydrogen-bond donors (Lipinski definition) is 0. The van der Waals surface area contributed by atoms with Crippen molar-refractivity contribution in [2.24, 2.45) is 39.9 Å². The molecule has 0 aromatic heterocycles. The average Bonchev–Trinajstić information content (AvgIpc) is 3.04. The second kappa shape index (κ2) is 14.4. The first-order chi connectivity index (χ1) is 19.0. The fraction of sp³-hybridized carbons (Fsp3) is 0.758. The van der Waals surface area contributed by atoms with E-state index in [1.807, 2.05) is 0 Å². The molecule has 234 valence electrons. The molecule has 2 heterocycles.